The number of aromatic nitrogens is 3. The second-order valence-corrected chi connectivity index (χ2v) is 5.04. The van der Waals surface area contributed by atoms with Gasteiger partial charge in [-0.05, 0) is 35.3 Å². The van der Waals surface area contributed by atoms with Gasteiger partial charge in [-0.3, -0.25) is 4.79 Å². The molecule has 0 unspecified atom stereocenters. The lowest BCUT2D eigenvalue weighted by Crippen LogP contribution is -2.22. The van der Waals surface area contributed by atoms with Crippen LogP contribution in [0.25, 0.3) is 0 Å². The van der Waals surface area contributed by atoms with Crippen LogP contribution in [0.3, 0.4) is 0 Å². The fraction of sp³-hybridized carbons (Fsp3) is 0.417. The summed E-state index contributed by atoms with van der Waals surface area (Å²) in [6.07, 6.45) is 3.48. The molecule has 0 saturated carbocycles. The fourth-order valence-electron chi connectivity index (χ4n) is 1.68. The van der Waals surface area contributed by atoms with Crippen molar-refractivity contribution in [3.05, 3.63) is 44.4 Å². The van der Waals surface area contributed by atoms with Gasteiger partial charge in [-0.1, -0.05) is 12.1 Å². The van der Waals surface area contributed by atoms with Gasteiger partial charge in [0.25, 0.3) is 5.56 Å². The molecule has 0 aromatic carbocycles. The van der Waals surface area contributed by atoms with Crippen molar-refractivity contribution in [3.63, 3.8) is 0 Å². The number of rotatable bonds is 4. The normalized spacial score (nSPS) is 10.8. The first-order valence-corrected chi connectivity index (χ1v) is 6.57. The molecule has 0 amide bonds. The van der Waals surface area contributed by atoms with Gasteiger partial charge in [0.2, 0.25) is 5.89 Å². The SMILES string of the molecule is CCCc1noc(Cn2cc(Br)cc(C)c2=O)n1. The van der Waals surface area contributed by atoms with E-state index in [2.05, 4.69) is 33.0 Å². The van der Waals surface area contributed by atoms with Crippen molar-refractivity contribution < 1.29 is 4.52 Å². The van der Waals surface area contributed by atoms with Gasteiger partial charge in [0, 0.05) is 22.7 Å². The predicted molar refractivity (Wildman–Crippen MR) is 70.5 cm³/mol. The Hall–Kier alpha value is -1.43. The molecule has 0 aliphatic rings. The Morgan fingerprint density at radius 2 is 2.28 bits per heavy atom. The molecule has 0 aliphatic carbocycles. The van der Waals surface area contributed by atoms with Gasteiger partial charge >= 0.3 is 0 Å². The largest absolute Gasteiger partial charge is 0.337 e. The summed E-state index contributed by atoms with van der Waals surface area (Å²) in [7, 11) is 0. The summed E-state index contributed by atoms with van der Waals surface area (Å²) in [5.74, 6) is 1.14. The molecule has 0 fully saturated rings. The molecule has 0 aliphatic heterocycles. The molecule has 2 aromatic rings. The third-order valence-corrected chi connectivity index (χ3v) is 2.95. The van der Waals surface area contributed by atoms with E-state index < -0.39 is 0 Å². The molecule has 2 rings (SSSR count). The van der Waals surface area contributed by atoms with E-state index in [0.29, 0.717) is 23.8 Å². The van der Waals surface area contributed by atoms with Crippen LogP contribution >= 0.6 is 15.9 Å². The van der Waals surface area contributed by atoms with Crippen LogP contribution in [0.2, 0.25) is 0 Å². The van der Waals surface area contributed by atoms with Crippen molar-refractivity contribution in [3.8, 4) is 0 Å². The molecule has 18 heavy (non-hydrogen) atoms. The molecule has 0 bridgehead atoms. The molecule has 6 heteroatoms. The highest BCUT2D eigenvalue weighted by atomic mass is 79.9. The van der Waals surface area contributed by atoms with Crippen molar-refractivity contribution in [2.45, 2.75) is 33.2 Å². The van der Waals surface area contributed by atoms with E-state index in [1.54, 1.807) is 23.8 Å². The van der Waals surface area contributed by atoms with Gasteiger partial charge in [0.05, 0.1) is 0 Å². The molecule has 0 atom stereocenters. The molecule has 0 saturated heterocycles. The standard InChI is InChI=1S/C12H14BrN3O2/c1-3-4-10-14-11(18-15-10)7-16-6-9(13)5-8(2)12(16)17/h5-6H,3-4,7H2,1-2H3. The highest BCUT2D eigenvalue weighted by Crippen LogP contribution is 2.09. The summed E-state index contributed by atoms with van der Waals surface area (Å²) in [5.41, 5.74) is 0.631. The fourth-order valence-corrected chi connectivity index (χ4v) is 2.27. The Bertz CT molecular complexity index is 604. The third-order valence-electron chi connectivity index (χ3n) is 2.52. The second kappa shape index (κ2) is 5.48. The van der Waals surface area contributed by atoms with Gasteiger partial charge < -0.3 is 9.09 Å². The number of hydrogen-bond donors (Lipinski definition) is 0. The summed E-state index contributed by atoms with van der Waals surface area (Å²) in [6.45, 7) is 4.13. The minimum Gasteiger partial charge on any atom is -0.337 e. The van der Waals surface area contributed by atoms with Gasteiger partial charge in [0.15, 0.2) is 5.82 Å². The zero-order valence-electron chi connectivity index (χ0n) is 10.3. The molecule has 0 radical (unpaired) electrons. The van der Waals surface area contributed by atoms with Crippen LogP contribution in [-0.4, -0.2) is 14.7 Å². The molecule has 2 heterocycles. The molecular weight excluding hydrogens is 298 g/mol. The zero-order valence-corrected chi connectivity index (χ0v) is 11.9. The first-order valence-electron chi connectivity index (χ1n) is 5.78. The van der Waals surface area contributed by atoms with Crippen molar-refractivity contribution in [2.75, 3.05) is 0 Å². The number of hydrogen-bond acceptors (Lipinski definition) is 4. The summed E-state index contributed by atoms with van der Waals surface area (Å²) >= 11 is 3.36. The average Bonchev–Trinajstić information content (AvgIpc) is 2.73. The molecular formula is C12H14BrN3O2. The van der Waals surface area contributed by atoms with E-state index in [1.165, 1.54) is 0 Å². The van der Waals surface area contributed by atoms with Crippen LogP contribution in [0, 0.1) is 6.92 Å². The Morgan fingerprint density at radius 1 is 1.50 bits per heavy atom. The van der Waals surface area contributed by atoms with E-state index in [4.69, 9.17) is 4.52 Å². The maximum Gasteiger partial charge on any atom is 0.253 e. The van der Waals surface area contributed by atoms with Crippen LogP contribution in [-0.2, 0) is 13.0 Å². The van der Waals surface area contributed by atoms with Crippen LogP contribution in [0.5, 0.6) is 0 Å². The Balaban J connectivity index is 2.25. The minimum absolute atomic E-state index is 0.0477. The Kier molecular flexibility index (Phi) is 3.96. The smallest absolute Gasteiger partial charge is 0.253 e. The van der Waals surface area contributed by atoms with Gasteiger partial charge in [-0.25, -0.2) is 0 Å². The first kappa shape index (κ1) is 13.0. The number of aryl methyl sites for hydroxylation is 2. The number of nitrogens with zero attached hydrogens (tertiary/aromatic N) is 3. The summed E-state index contributed by atoms with van der Waals surface area (Å²) < 4.78 is 7.53. The molecule has 5 nitrogen and oxygen atoms in total. The molecule has 0 N–H and O–H groups in total. The van der Waals surface area contributed by atoms with E-state index in [-0.39, 0.29) is 5.56 Å². The highest BCUT2D eigenvalue weighted by Gasteiger charge is 2.08. The van der Waals surface area contributed by atoms with Gasteiger partial charge in [0.1, 0.15) is 6.54 Å². The van der Waals surface area contributed by atoms with Crippen LogP contribution in [0.15, 0.2) is 26.1 Å². The zero-order chi connectivity index (χ0) is 13.1. The molecule has 0 spiro atoms. The highest BCUT2D eigenvalue weighted by molar-refractivity contribution is 9.10. The Morgan fingerprint density at radius 3 is 3.00 bits per heavy atom. The quantitative estimate of drug-likeness (QED) is 0.869. The molecule has 96 valence electrons. The van der Waals surface area contributed by atoms with Crippen molar-refractivity contribution in [1.29, 1.82) is 0 Å². The van der Waals surface area contributed by atoms with E-state index in [0.717, 1.165) is 17.3 Å². The van der Waals surface area contributed by atoms with Gasteiger partial charge in [-0.15, -0.1) is 0 Å². The molecule has 2 aromatic heterocycles. The summed E-state index contributed by atoms with van der Waals surface area (Å²) in [5, 5.41) is 3.86. The first-order chi connectivity index (χ1) is 8.60. The van der Waals surface area contributed by atoms with Crippen molar-refractivity contribution >= 4 is 15.9 Å². The van der Waals surface area contributed by atoms with Crippen LogP contribution in [0.4, 0.5) is 0 Å². The van der Waals surface area contributed by atoms with Crippen LogP contribution < -0.4 is 5.56 Å². The second-order valence-electron chi connectivity index (χ2n) is 4.13. The maximum atomic E-state index is 11.9. The van der Waals surface area contributed by atoms with E-state index in [1.807, 2.05) is 0 Å². The Labute approximate surface area is 113 Å². The summed E-state index contributed by atoms with van der Waals surface area (Å²) in [6, 6.07) is 1.79. The van der Waals surface area contributed by atoms with Crippen molar-refractivity contribution in [2.24, 2.45) is 0 Å². The number of pyridine rings is 1. The summed E-state index contributed by atoms with van der Waals surface area (Å²) in [4.78, 5) is 16.2. The van der Waals surface area contributed by atoms with Crippen molar-refractivity contribution in [1.82, 2.24) is 14.7 Å². The lowest BCUT2D eigenvalue weighted by atomic mass is 10.3. The van der Waals surface area contributed by atoms with Gasteiger partial charge in [-0.2, -0.15) is 4.98 Å². The van der Waals surface area contributed by atoms with Crippen LogP contribution in [0.1, 0.15) is 30.6 Å². The third kappa shape index (κ3) is 2.87. The average molecular weight is 312 g/mol. The van der Waals surface area contributed by atoms with E-state index >= 15 is 0 Å². The lowest BCUT2D eigenvalue weighted by Gasteiger charge is -2.04. The lowest BCUT2D eigenvalue weighted by molar-refractivity contribution is 0.364. The van der Waals surface area contributed by atoms with E-state index in [9.17, 15) is 4.79 Å². The maximum absolute atomic E-state index is 11.9. The topological polar surface area (TPSA) is 60.9 Å². The predicted octanol–water partition coefficient (Wildman–Crippen LogP) is 2.30. The minimum atomic E-state index is -0.0477. The number of halogens is 1. The monoisotopic (exact) mass is 311 g/mol.